The Hall–Kier alpha value is -1.73. The molecule has 0 aliphatic rings. The van der Waals surface area contributed by atoms with Gasteiger partial charge in [-0.2, -0.15) is 0 Å². The summed E-state index contributed by atoms with van der Waals surface area (Å²) < 4.78 is 28.6. The van der Waals surface area contributed by atoms with E-state index >= 15 is 0 Å². The zero-order chi connectivity index (χ0) is 15.4. The third-order valence-electron chi connectivity index (χ3n) is 2.87. The first-order valence-electron chi connectivity index (χ1n) is 6.23. The van der Waals surface area contributed by atoms with Crippen LogP contribution in [0.15, 0.2) is 27.8 Å². The van der Waals surface area contributed by atoms with E-state index in [1.165, 1.54) is 0 Å². The molecule has 0 aliphatic heterocycles. The second-order valence-corrected chi connectivity index (χ2v) is 4.96. The van der Waals surface area contributed by atoms with Gasteiger partial charge in [-0.25, -0.2) is 8.78 Å². The van der Waals surface area contributed by atoms with Gasteiger partial charge in [0.05, 0.1) is 16.4 Å². The highest BCUT2D eigenvalue weighted by atomic mass is 35.5. The van der Waals surface area contributed by atoms with Gasteiger partial charge in [-0.1, -0.05) is 6.07 Å². The monoisotopic (exact) mass is 318 g/mol. The van der Waals surface area contributed by atoms with Gasteiger partial charge in [0.1, 0.15) is 6.61 Å². The van der Waals surface area contributed by atoms with Crippen LogP contribution in [-0.4, -0.2) is 29.6 Å². The number of halogens is 3. The van der Waals surface area contributed by atoms with Crippen molar-refractivity contribution in [2.45, 2.75) is 18.2 Å². The lowest BCUT2D eigenvalue weighted by Gasteiger charge is -2.11. The van der Waals surface area contributed by atoms with Gasteiger partial charge in [-0.15, -0.1) is 11.6 Å². The molecule has 2 N–H and O–H groups in total. The van der Waals surface area contributed by atoms with Crippen molar-refractivity contribution in [3.05, 3.63) is 44.5 Å². The number of fused-ring (bicyclic) bond motifs is 1. The average molecular weight is 319 g/mol. The van der Waals surface area contributed by atoms with Crippen LogP contribution in [0.2, 0.25) is 0 Å². The molecule has 21 heavy (non-hydrogen) atoms. The topological polar surface area (TPSA) is 75.0 Å². The van der Waals surface area contributed by atoms with Crippen molar-refractivity contribution in [1.82, 2.24) is 9.97 Å². The SMILES string of the molecule is O=c1[nH]c2ccc(C(Cl)CCOCC(F)F)cc2[nH]c1=O. The minimum Gasteiger partial charge on any atom is -0.375 e. The molecule has 0 saturated carbocycles. The smallest absolute Gasteiger partial charge is 0.314 e. The summed E-state index contributed by atoms with van der Waals surface area (Å²) in [6.07, 6.45) is -2.14. The second-order valence-electron chi connectivity index (χ2n) is 4.44. The number of alkyl halides is 3. The number of rotatable bonds is 6. The molecular weight excluding hydrogens is 306 g/mol. The minimum absolute atomic E-state index is 0.110. The largest absolute Gasteiger partial charge is 0.375 e. The van der Waals surface area contributed by atoms with Crippen LogP contribution in [0, 0.1) is 0 Å². The van der Waals surface area contributed by atoms with Crippen LogP contribution >= 0.6 is 11.6 Å². The molecule has 8 heteroatoms. The number of hydrogen-bond acceptors (Lipinski definition) is 3. The van der Waals surface area contributed by atoms with Crippen LogP contribution in [0.5, 0.6) is 0 Å². The quantitative estimate of drug-likeness (QED) is 0.487. The van der Waals surface area contributed by atoms with Gasteiger partial charge in [-0.05, 0) is 24.1 Å². The van der Waals surface area contributed by atoms with E-state index in [1.54, 1.807) is 18.2 Å². The van der Waals surface area contributed by atoms with Crippen LogP contribution in [0.25, 0.3) is 11.0 Å². The number of hydrogen-bond donors (Lipinski definition) is 2. The van der Waals surface area contributed by atoms with Crippen LogP contribution in [-0.2, 0) is 4.74 Å². The molecule has 0 aliphatic carbocycles. The summed E-state index contributed by atoms with van der Waals surface area (Å²) in [5.41, 5.74) is 0.175. The lowest BCUT2D eigenvalue weighted by atomic mass is 10.1. The third-order valence-corrected chi connectivity index (χ3v) is 3.34. The summed E-state index contributed by atoms with van der Waals surface area (Å²) in [5, 5.41) is -0.442. The molecule has 2 aromatic rings. The molecule has 0 bridgehead atoms. The molecule has 1 heterocycles. The molecule has 2 rings (SSSR count). The van der Waals surface area contributed by atoms with E-state index in [-0.39, 0.29) is 6.61 Å². The number of H-pyrrole nitrogens is 2. The zero-order valence-corrected chi connectivity index (χ0v) is 11.6. The Morgan fingerprint density at radius 1 is 1.14 bits per heavy atom. The Morgan fingerprint density at radius 3 is 2.48 bits per heavy atom. The Morgan fingerprint density at radius 2 is 1.81 bits per heavy atom. The molecule has 0 saturated heterocycles. The van der Waals surface area contributed by atoms with Crippen molar-refractivity contribution in [3.8, 4) is 0 Å². The number of benzene rings is 1. The molecule has 0 radical (unpaired) electrons. The maximum atomic E-state index is 11.9. The van der Waals surface area contributed by atoms with Crippen molar-refractivity contribution >= 4 is 22.6 Å². The van der Waals surface area contributed by atoms with E-state index in [0.29, 0.717) is 23.0 Å². The Labute approximate surface area is 122 Å². The number of nitrogens with one attached hydrogen (secondary N) is 2. The minimum atomic E-state index is -2.50. The molecule has 0 amide bonds. The molecule has 114 valence electrons. The van der Waals surface area contributed by atoms with Gasteiger partial charge in [0, 0.05) is 6.61 Å². The number of aromatic amines is 2. The van der Waals surface area contributed by atoms with Gasteiger partial charge >= 0.3 is 11.1 Å². The standard InChI is InChI=1S/C13H13ClF2N2O3/c14-8(3-4-21-6-11(15)16)7-1-2-9-10(5-7)18-13(20)12(19)17-9/h1-2,5,8,11H,3-4,6H2,(H,17,19)(H,18,20). The van der Waals surface area contributed by atoms with E-state index in [9.17, 15) is 18.4 Å². The van der Waals surface area contributed by atoms with Crippen molar-refractivity contribution in [1.29, 1.82) is 0 Å². The van der Waals surface area contributed by atoms with Crippen molar-refractivity contribution in [2.24, 2.45) is 0 Å². The Bertz CT molecular complexity index is 729. The van der Waals surface area contributed by atoms with Crippen LogP contribution in [0.1, 0.15) is 17.4 Å². The normalized spacial score (nSPS) is 13.0. The van der Waals surface area contributed by atoms with Crippen LogP contribution in [0.3, 0.4) is 0 Å². The van der Waals surface area contributed by atoms with Gasteiger partial charge in [-0.3, -0.25) is 9.59 Å². The van der Waals surface area contributed by atoms with E-state index < -0.39 is 29.5 Å². The first kappa shape index (κ1) is 15.7. The fourth-order valence-corrected chi connectivity index (χ4v) is 2.08. The Balaban J connectivity index is 2.09. The number of ether oxygens (including phenoxy) is 1. The van der Waals surface area contributed by atoms with Crippen LogP contribution < -0.4 is 11.1 Å². The summed E-state index contributed by atoms with van der Waals surface area (Å²) in [6.45, 7) is -0.505. The molecule has 5 nitrogen and oxygen atoms in total. The summed E-state index contributed by atoms with van der Waals surface area (Å²) in [4.78, 5) is 27.3. The maximum Gasteiger partial charge on any atom is 0.314 e. The van der Waals surface area contributed by atoms with Crippen molar-refractivity contribution < 1.29 is 13.5 Å². The van der Waals surface area contributed by atoms with E-state index in [0.717, 1.165) is 0 Å². The summed E-state index contributed by atoms with van der Waals surface area (Å²) >= 11 is 6.16. The van der Waals surface area contributed by atoms with E-state index in [4.69, 9.17) is 16.3 Å². The van der Waals surface area contributed by atoms with Gasteiger partial charge in [0.25, 0.3) is 6.43 Å². The van der Waals surface area contributed by atoms with E-state index in [1.807, 2.05) is 0 Å². The maximum absolute atomic E-state index is 11.9. The highest BCUT2D eigenvalue weighted by Crippen LogP contribution is 2.25. The average Bonchev–Trinajstić information content (AvgIpc) is 2.44. The zero-order valence-electron chi connectivity index (χ0n) is 10.9. The van der Waals surface area contributed by atoms with Crippen LogP contribution in [0.4, 0.5) is 8.78 Å². The van der Waals surface area contributed by atoms with Crippen molar-refractivity contribution in [3.63, 3.8) is 0 Å². The first-order valence-corrected chi connectivity index (χ1v) is 6.67. The lowest BCUT2D eigenvalue weighted by molar-refractivity contribution is 0.0165. The second kappa shape index (κ2) is 6.82. The first-order chi connectivity index (χ1) is 9.97. The predicted molar refractivity (Wildman–Crippen MR) is 75.2 cm³/mol. The molecule has 0 spiro atoms. The molecule has 1 aromatic carbocycles. The fourth-order valence-electron chi connectivity index (χ4n) is 1.85. The molecule has 0 fully saturated rings. The third kappa shape index (κ3) is 4.12. The van der Waals surface area contributed by atoms with Gasteiger partial charge in [0.15, 0.2) is 0 Å². The highest BCUT2D eigenvalue weighted by Gasteiger charge is 2.10. The Kier molecular flexibility index (Phi) is 5.08. The van der Waals surface area contributed by atoms with Crippen molar-refractivity contribution in [2.75, 3.05) is 13.2 Å². The summed E-state index contributed by atoms with van der Waals surface area (Å²) in [5.74, 6) is 0. The van der Waals surface area contributed by atoms with E-state index in [2.05, 4.69) is 9.97 Å². The molecule has 1 atom stereocenters. The van der Waals surface area contributed by atoms with Gasteiger partial charge in [0.2, 0.25) is 0 Å². The summed E-state index contributed by atoms with van der Waals surface area (Å²) in [6, 6.07) is 4.95. The fraction of sp³-hybridized carbons (Fsp3) is 0.385. The predicted octanol–water partition coefficient (Wildman–Crippen LogP) is 2.17. The molecule has 1 unspecified atom stereocenters. The van der Waals surface area contributed by atoms with Gasteiger partial charge < -0.3 is 14.7 Å². The molecular formula is C13H13ClF2N2O3. The summed E-state index contributed by atoms with van der Waals surface area (Å²) in [7, 11) is 0. The lowest BCUT2D eigenvalue weighted by Crippen LogP contribution is -2.28. The number of aromatic nitrogens is 2. The highest BCUT2D eigenvalue weighted by molar-refractivity contribution is 6.20. The molecule has 1 aromatic heterocycles.